The van der Waals surface area contributed by atoms with E-state index in [4.69, 9.17) is 0 Å². The van der Waals surface area contributed by atoms with E-state index < -0.39 is 0 Å². The van der Waals surface area contributed by atoms with E-state index in [1.807, 2.05) is 12.2 Å². The summed E-state index contributed by atoms with van der Waals surface area (Å²) in [5, 5.41) is 0. The van der Waals surface area contributed by atoms with Crippen LogP contribution < -0.4 is 0 Å². The van der Waals surface area contributed by atoms with Crippen molar-refractivity contribution in [2.45, 2.75) is 38.5 Å². The van der Waals surface area contributed by atoms with Gasteiger partial charge < -0.3 is 0 Å². The van der Waals surface area contributed by atoms with Gasteiger partial charge in [-0.05, 0) is 37.8 Å². The van der Waals surface area contributed by atoms with Gasteiger partial charge in [0.05, 0.1) is 0 Å². The number of hydrogen-bond donors (Lipinski definition) is 0. The lowest BCUT2D eigenvalue weighted by molar-refractivity contribution is -0.115. The van der Waals surface area contributed by atoms with Gasteiger partial charge >= 0.3 is 0 Å². The molecule has 0 spiro atoms. The fraction of sp³-hybridized carbons (Fsp3) is 0.500. The molecule has 0 aromatic rings. The first-order valence-corrected chi connectivity index (χ1v) is 5.18. The number of rotatable bonds is 0. The quantitative estimate of drug-likeness (QED) is 0.591. The Kier molecular flexibility index (Phi) is 4.90. The third kappa shape index (κ3) is 4.75. The Morgan fingerprint density at radius 2 is 1.29 bits per heavy atom. The Bertz CT molecular complexity index is 235. The third-order valence-corrected chi connectivity index (χ3v) is 2.20. The number of allylic oxidation sites excluding steroid dienone is 4. The van der Waals surface area contributed by atoms with Gasteiger partial charge in [0.2, 0.25) is 0 Å². The monoisotopic (exact) mass is 192 g/mol. The third-order valence-electron chi connectivity index (χ3n) is 2.20. The summed E-state index contributed by atoms with van der Waals surface area (Å²) in [6.07, 6.45) is 11.7. The lowest BCUT2D eigenvalue weighted by Crippen LogP contribution is -1.98. The first kappa shape index (κ1) is 10.9. The molecule has 14 heavy (non-hydrogen) atoms. The van der Waals surface area contributed by atoms with Crippen LogP contribution in [0.25, 0.3) is 0 Å². The average Bonchev–Trinajstić information content (AvgIpc) is 2.14. The van der Waals surface area contributed by atoms with Crippen molar-refractivity contribution >= 4 is 11.6 Å². The van der Waals surface area contributed by atoms with Crippen LogP contribution in [0.4, 0.5) is 0 Å². The fourth-order valence-electron chi connectivity index (χ4n) is 1.39. The molecule has 0 heterocycles. The van der Waals surface area contributed by atoms with E-state index in [2.05, 4.69) is 0 Å². The average molecular weight is 192 g/mol. The molecule has 2 heteroatoms. The predicted octanol–water partition coefficient (Wildman–Crippen LogP) is 2.59. The number of hydrogen-bond acceptors (Lipinski definition) is 2. The van der Waals surface area contributed by atoms with Gasteiger partial charge in [-0.1, -0.05) is 12.2 Å². The van der Waals surface area contributed by atoms with Crippen LogP contribution in [-0.4, -0.2) is 11.6 Å². The van der Waals surface area contributed by atoms with E-state index in [1.54, 1.807) is 12.2 Å². The number of ketones is 2. The van der Waals surface area contributed by atoms with E-state index in [9.17, 15) is 9.59 Å². The van der Waals surface area contributed by atoms with Gasteiger partial charge in [0, 0.05) is 12.8 Å². The molecule has 0 amide bonds. The molecule has 1 rings (SSSR count). The summed E-state index contributed by atoms with van der Waals surface area (Å²) in [7, 11) is 0. The minimum Gasteiger partial charge on any atom is -0.295 e. The van der Waals surface area contributed by atoms with E-state index in [0.29, 0.717) is 19.3 Å². The molecule has 0 N–H and O–H groups in total. The topological polar surface area (TPSA) is 34.1 Å². The molecule has 0 atom stereocenters. The Hall–Kier alpha value is -1.18. The molecule has 0 aromatic heterocycles. The Morgan fingerprint density at radius 3 is 1.79 bits per heavy atom. The maximum atomic E-state index is 11.2. The zero-order valence-electron chi connectivity index (χ0n) is 8.37. The second-order valence-corrected chi connectivity index (χ2v) is 3.52. The lowest BCUT2D eigenvalue weighted by Gasteiger charge is -1.97. The molecule has 76 valence electrons. The van der Waals surface area contributed by atoms with Gasteiger partial charge in [-0.15, -0.1) is 0 Å². The van der Waals surface area contributed by atoms with Gasteiger partial charge in [0.25, 0.3) is 0 Å². The van der Waals surface area contributed by atoms with Crippen molar-refractivity contribution in [3.63, 3.8) is 0 Å². The summed E-state index contributed by atoms with van der Waals surface area (Å²) in [6.45, 7) is 0. The normalized spacial score (nSPS) is 24.9. The van der Waals surface area contributed by atoms with E-state index in [0.717, 1.165) is 19.3 Å². The van der Waals surface area contributed by atoms with Crippen molar-refractivity contribution in [3.8, 4) is 0 Å². The van der Waals surface area contributed by atoms with Crippen LogP contribution >= 0.6 is 0 Å². The molecule has 1 aliphatic rings. The van der Waals surface area contributed by atoms with Crippen molar-refractivity contribution in [2.75, 3.05) is 0 Å². The predicted molar refractivity (Wildman–Crippen MR) is 56.0 cm³/mol. The highest BCUT2D eigenvalue weighted by molar-refractivity contribution is 5.92. The van der Waals surface area contributed by atoms with Crippen LogP contribution in [0, 0.1) is 0 Å². The maximum Gasteiger partial charge on any atom is 0.155 e. The van der Waals surface area contributed by atoms with Crippen LogP contribution in [0.15, 0.2) is 24.3 Å². The summed E-state index contributed by atoms with van der Waals surface area (Å²) in [4.78, 5) is 22.4. The summed E-state index contributed by atoms with van der Waals surface area (Å²) in [5.41, 5.74) is 0. The number of carbonyl (C=O) groups excluding carboxylic acids is 2. The standard InChI is InChI=1S/C12H16O2/c13-11-7-4-2-1-3-5-8-12(14)10-6-9-11/h4-5,7-8H,1-3,6,9-10H2/b7-4-,8-5+. The summed E-state index contributed by atoms with van der Waals surface area (Å²) < 4.78 is 0. The summed E-state index contributed by atoms with van der Waals surface area (Å²) in [6, 6.07) is 0. The first-order valence-electron chi connectivity index (χ1n) is 5.18. The highest BCUT2D eigenvalue weighted by Gasteiger charge is 2.01. The van der Waals surface area contributed by atoms with Gasteiger partial charge in [-0.3, -0.25) is 9.59 Å². The summed E-state index contributed by atoms with van der Waals surface area (Å²) in [5.74, 6) is 0.282. The zero-order chi connectivity index (χ0) is 10.2. The minimum atomic E-state index is 0.141. The maximum absolute atomic E-state index is 11.2. The molecule has 0 unspecified atom stereocenters. The molecule has 2 nitrogen and oxygen atoms in total. The first-order chi connectivity index (χ1) is 6.79. The van der Waals surface area contributed by atoms with E-state index in [1.165, 1.54) is 0 Å². The lowest BCUT2D eigenvalue weighted by atomic mass is 10.1. The van der Waals surface area contributed by atoms with Crippen molar-refractivity contribution < 1.29 is 9.59 Å². The molecule has 0 aliphatic heterocycles. The van der Waals surface area contributed by atoms with Gasteiger partial charge in [-0.2, -0.15) is 0 Å². The highest BCUT2D eigenvalue weighted by Crippen LogP contribution is 2.04. The van der Waals surface area contributed by atoms with Crippen LogP contribution in [0.3, 0.4) is 0 Å². The molecule has 0 saturated carbocycles. The molecule has 0 radical (unpaired) electrons. The second-order valence-electron chi connectivity index (χ2n) is 3.52. The smallest absolute Gasteiger partial charge is 0.155 e. The van der Waals surface area contributed by atoms with Crippen LogP contribution in [0.5, 0.6) is 0 Å². The van der Waals surface area contributed by atoms with Crippen LogP contribution in [-0.2, 0) is 9.59 Å². The molecule has 0 fully saturated rings. The van der Waals surface area contributed by atoms with Gasteiger partial charge in [0.1, 0.15) is 0 Å². The zero-order valence-corrected chi connectivity index (χ0v) is 8.37. The van der Waals surface area contributed by atoms with Crippen LogP contribution in [0.1, 0.15) is 38.5 Å². The molecule has 0 saturated heterocycles. The molecule has 0 aromatic carbocycles. The van der Waals surface area contributed by atoms with Crippen molar-refractivity contribution in [1.29, 1.82) is 0 Å². The van der Waals surface area contributed by atoms with Crippen LogP contribution in [0.2, 0.25) is 0 Å². The van der Waals surface area contributed by atoms with E-state index in [-0.39, 0.29) is 11.6 Å². The Labute approximate surface area is 84.7 Å². The van der Waals surface area contributed by atoms with Crippen molar-refractivity contribution in [1.82, 2.24) is 0 Å². The molecular weight excluding hydrogens is 176 g/mol. The van der Waals surface area contributed by atoms with Gasteiger partial charge in [-0.25, -0.2) is 0 Å². The molecule has 0 bridgehead atoms. The Morgan fingerprint density at radius 1 is 0.786 bits per heavy atom. The SMILES string of the molecule is O=C1/C=C\CCC/C=C/C(=O)CCC1. The molecule has 1 aliphatic carbocycles. The minimum absolute atomic E-state index is 0.141. The molecular formula is C12H16O2. The fourth-order valence-corrected chi connectivity index (χ4v) is 1.39. The Balaban J connectivity index is 2.47. The van der Waals surface area contributed by atoms with Crippen molar-refractivity contribution in [2.24, 2.45) is 0 Å². The second kappa shape index (κ2) is 6.30. The van der Waals surface area contributed by atoms with E-state index >= 15 is 0 Å². The summed E-state index contributed by atoms with van der Waals surface area (Å²) >= 11 is 0. The van der Waals surface area contributed by atoms with Crippen molar-refractivity contribution in [3.05, 3.63) is 24.3 Å². The number of carbonyl (C=O) groups is 2. The van der Waals surface area contributed by atoms with Gasteiger partial charge in [0.15, 0.2) is 11.6 Å². The highest BCUT2D eigenvalue weighted by atomic mass is 16.1. The largest absolute Gasteiger partial charge is 0.295 e.